The molecule has 40 heavy (non-hydrogen) atoms. The number of hydrogen-bond donors (Lipinski definition) is 2. The average Bonchev–Trinajstić information content (AvgIpc) is 3.60. The highest BCUT2D eigenvalue weighted by Crippen LogP contribution is 2.28. The molecule has 14 heteroatoms. The third-order valence-electron chi connectivity index (χ3n) is 7.04. The van der Waals surface area contributed by atoms with Gasteiger partial charge in [0.05, 0.1) is 11.9 Å². The first kappa shape index (κ1) is 27.5. The number of alkyl halides is 2. The maximum Gasteiger partial charge on any atom is 0.272 e. The van der Waals surface area contributed by atoms with Gasteiger partial charge in [0.1, 0.15) is 23.3 Å². The van der Waals surface area contributed by atoms with Crippen molar-refractivity contribution >= 4 is 28.9 Å². The van der Waals surface area contributed by atoms with Gasteiger partial charge in [0.15, 0.2) is 17.9 Å². The van der Waals surface area contributed by atoms with Crippen LogP contribution in [0, 0.1) is 11.3 Å². The number of carbonyl (C=O) groups is 1. The molecule has 2 aliphatic heterocycles. The van der Waals surface area contributed by atoms with Crippen LogP contribution in [0.4, 0.5) is 26.1 Å². The standard InChI is InChI=1S/C26H31F2N9O3/c1-35(2)17-5-8-36(14-17)26(38)19-3-4-22(33-25(19)40-15-21(27)28)32-20-11-23(31-16-6-9-39-10-7-16)34-37-18(12-29)13-30-24(20)37/h3-4,11,13,16-17,21H,5-10,14-15H2,1-2H3,(H,31,34)(H,32,33). The first-order chi connectivity index (χ1) is 19.3. The zero-order valence-corrected chi connectivity index (χ0v) is 22.3. The molecule has 3 aromatic rings. The lowest BCUT2D eigenvalue weighted by atomic mass is 10.1. The van der Waals surface area contributed by atoms with Gasteiger partial charge in [-0.1, -0.05) is 0 Å². The van der Waals surface area contributed by atoms with Crippen LogP contribution in [0.15, 0.2) is 24.4 Å². The van der Waals surface area contributed by atoms with Crippen molar-refractivity contribution in [2.75, 3.05) is 57.6 Å². The zero-order chi connectivity index (χ0) is 28.2. The fraction of sp³-hybridized carbons (Fsp3) is 0.500. The molecule has 0 spiro atoms. The number of pyridine rings is 1. The van der Waals surface area contributed by atoms with E-state index in [-0.39, 0.29) is 40.9 Å². The fourth-order valence-electron chi connectivity index (χ4n) is 4.84. The molecular weight excluding hydrogens is 524 g/mol. The molecule has 1 amide bonds. The number of ether oxygens (including phenoxy) is 2. The molecule has 212 valence electrons. The summed E-state index contributed by atoms with van der Waals surface area (Å²) in [5.41, 5.74) is 1.20. The number of hydrogen-bond acceptors (Lipinski definition) is 10. The third-order valence-corrected chi connectivity index (χ3v) is 7.04. The van der Waals surface area contributed by atoms with E-state index in [9.17, 15) is 18.8 Å². The van der Waals surface area contributed by atoms with E-state index in [0.717, 1.165) is 19.3 Å². The zero-order valence-electron chi connectivity index (χ0n) is 22.3. The number of carbonyl (C=O) groups excluding carboxylic acids is 1. The van der Waals surface area contributed by atoms with E-state index in [1.54, 1.807) is 17.0 Å². The van der Waals surface area contributed by atoms with Gasteiger partial charge in [-0.2, -0.15) is 14.8 Å². The number of amides is 1. The smallest absolute Gasteiger partial charge is 0.272 e. The second-order valence-corrected chi connectivity index (χ2v) is 10.00. The molecule has 0 bridgehead atoms. The summed E-state index contributed by atoms with van der Waals surface area (Å²) >= 11 is 0. The van der Waals surface area contributed by atoms with Gasteiger partial charge in [-0.3, -0.25) is 4.79 Å². The molecule has 0 aromatic carbocycles. The Morgan fingerprint density at radius 3 is 2.77 bits per heavy atom. The summed E-state index contributed by atoms with van der Waals surface area (Å²) in [5, 5.41) is 20.6. The van der Waals surface area contributed by atoms with Gasteiger partial charge >= 0.3 is 0 Å². The predicted octanol–water partition coefficient (Wildman–Crippen LogP) is 2.75. The van der Waals surface area contributed by atoms with Crippen molar-refractivity contribution in [3.05, 3.63) is 35.7 Å². The summed E-state index contributed by atoms with van der Waals surface area (Å²) < 4.78 is 38.3. The second-order valence-electron chi connectivity index (χ2n) is 10.00. The number of likely N-dealkylation sites (N-methyl/N-ethyl adjacent to an activating group) is 1. The van der Waals surface area contributed by atoms with Crippen LogP contribution in [-0.2, 0) is 4.74 Å². The van der Waals surface area contributed by atoms with Crippen LogP contribution in [0.3, 0.4) is 0 Å². The highest BCUT2D eigenvalue weighted by atomic mass is 19.3. The number of nitriles is 1. The average molecular weight is 556 g/mol. The first-order valence-electron chi connectivity index (χ1n) is 13.1. The van der Waals surface area contributed by atoms with Gasteiger partial charge in [0.2, 0.25) is 5.88 Å². The highest BCUT2D eigenvalue weighted by Gasteiger charge is 2.30. The van der Waals surface area contributed by atoms with Crippen LogP contribution >= 0.6 is 0 Å². The maximum absolute atomic E-state index is 13.3. The molecule has 1 unspecified atom stereocenters. The molecular formula is C26H31F2N9O3. The number of likely N-dealkylation sites (tertiary alicyclic amines) is 1. The lowest BCUT2D eigenvalue weighted by Gasteiger charge is -2.24. The minimum Gasteiger partial charge on any atom is -0.471 e. The Balaban J connectivity index is 1.44. The molecule has 1 atom stereocenters. The Hall–Kier alpha value is -4.09. The van der Waals surface area contributed by atoms with Gasteiger partial charge < -0.3 is 29.9 Å². The Morgan fingerprint density at radius 2 is 2.08 bits per heavy atom. The van der Waals surface area contributed by atoms with Gasteiger partial charge in [0, 0.05) is 44.5 Å². The largest absolute Gasteiger partial charge is 0.471 e. The number of rotatable bonds is 9. The van der Waals surface area contributed by atoms with Gasteiger partial charge in [-0.25, -0.2) is 13.8 Å². The normalized spacial score (nSPS) is 17.9. The SMILES string of the molecule is CN(C)C1CCN(C(=O)c2ccc(Nc3cc(NC4CCOCC4)nn4c(C#N)cnc34)nc2OCC(F)F)C1. The Kier molecular flexibility index (Phi) is 8.22. The van der Waals surface area contributed by atoms with Crippen LogP contribution in [0.2, 0.25) is 0 Å². The molecule has 12 nitrogen and oxygen atoms in total. The minimum atomic E-state index is -2.74. The maximum atomic E-state index is 13.3. The summed E-state index contributed by atoms with van der Waals surface area (Å²) in [5.74, 6) is 0.256. The topological polar surface area (TPSA) is 133 Å². The van der Waals surface area contributed by atoms with Crippen LogP contribution < -0.4 is 15.4 Å². The summed E-state index contributed by atoms with van der Waals surface area (Å²) in [6.07, 6.45) is 1.11. The molecule has 0 aliphatic carbocycles. The first-order valence-corrected chi connectivity index (χ1v) is 13.1. The predicted molar refractivity (Wildman–Crippen MR) is 142 cm³/mol. The van der Waals surface area contributed by atoms with Crippen molar-refractivity contribution in [2.45, 2.75) is 37.8 Å². The quantitative estimate of drug-likeness (QED) is 0.406. The van der Waals surface area contributed by atoms with Crippen molar-refractivity contribution < 1.29 is 23.0 Å². The lowest BCUT2D eigenvalue weighted by molar-refractivity contribution is 0.0719. The molecule has 5 heterocycles. The molecule has 0 saturated carbocycles. The number of halogens is 2. The number of anilines is 3. The van der Waals surface area contributed by atoms with Crippen LogP contribution in [-0.4, -0.2) is 101 Å². The highest BCUT2D eigenvalue weighted by molar-refractivity contribution is 5.97. The van der Waals surface area contributed by atoms with Crippen molar-refractivity contribution in [1.29, 1.82) is 5.26 Å². The van der Waals surface area contributed by atoms with Crippen LogP contribution in [0.1, 0.15) is 35.3 Å². The Bertz CT molecular complexity index is 1400. The number of imidazole rings is 1. The van der Waals surface area contributed by atoms with Crippen LogP contribution in [0.5, 0.6) is 5.88 Å². The number of nitrogens with one attached hydrogen (secondary N) is 2. The minimum absolute atomic E-state index is 0.111. The lowest BCUT2D eigenvalue weighted by Crippen LogP contribution is -2.34. The van der Waals surface area contributed by atoms with Crippen LogP contribution in [0.25, 0.3) is 5.65 Å². The van der Waals surface area contributed by atoms with E-state index >= 15 is 0 Å². The molecule has 5 rings (SSSR count). The van der Waals surface area contributed by atoms with Gasteiger partial charge in [0.25, 0.3) is 12.3 Å². The fourth-order valence-corrected chi connectivity index (χ4v) is 4.84. The third kappa shape index (κ3) is 6.05. The summed E-state index contributed by atoms with van der Waals surface area (Å²) in [4.78, 5) is 25.7. The van der Waals surface area contributed by atoms with E-state index in [4.69, 9.17) is 9.47 Å². The number of fused-ring (bicyclic) bond motifs is 1. The Labute approximate surface area is 229 Å². The second kappa shape index (κ2) is 12.0. The molecule has 0 radical (unpaired) electrons. The van der Waals surface area contributed by atoms with Crippen molar-refractivity contribution in [1.82, 2.24) is 29.4 Å². The summed E-state index contributed by atoms with van der Waals surface area (Å²) in [6.45, 7) is 1.46. The summed E-state index contributed by atoms with van der Waals surface area (Å²) in [6, 6.07) is 7.29. The number of nitrogens with zero attached hydrogens (tertiary/aromatic N) is 7. The van der Waals surface area contributed by atoms with Crippen molar-refractivity contribution in [3.8, 4) is 11.9 Å². The van der Waals surface area contributed by atoms with Crippen molar-refractivity contribution in [3.63, 3.8) is 0 Å². The molecule has 2 aliphatic rings. The van der Waals surface area contributed by atoms with E-state index in [1.165, 1.54) is 16.8 Å². The number of aromatic nitrogens is 4. The van der Waals surface area contributed by atoms with Gasteiger partial charge in [-0.05, 0) is 45.5 Å². The van der Waals surface area contributed by atoms with E-state index < -0.39 is 13.0 Å². The molecule has 2 saturated heterocycles. The van der Waals surface area contributed by atoms with Crippen molar-refractivity contribution in [2.24, 2.45) is 0 Å². The van der Waals surface area contributed by atoms with Gasteiger partial charge in [-0.15, -0.1) is 5.10 Å². The van der Waals surface area contributed by atoms with E-state index in [0.29, 0.717) is 43.5 Å². The van der Waals surface area contributed by atoms with E-state index in [2.05, 4.69) is 36.7 Å². The van der Waals surface area contributed by atoms with E-state index in [1.807, 2.05) is 14.1 Å². The summed E-state index contributed by atoms with van der Waals surface area (Å²) in [7, 11) is 3.91. The molecule has 3 aromatic heterocycles. The molecule has 2 N–H and O–H groups in total. The Morgan fingerprint density at radius 1 is 1.27 bits per heavy atom. The monoisotopic (exact) mass is 555 g/mol. The molecule has 2 fully saturated rings.